The largest absolute Gasteiger partial charge is 0.330 e. The number of hydrogen-bond donors (Lipinski definition) is 2. The Balaban J connectivity index is 1.77. The van der Waals surface area contributed by atoms with Crippen LogP contribution in [0.1, 0.15) is 32.9 Å². The number of nitrogens with zero attached hydrogens (tertiary/aromatic N) is 3. The number of rotatable bonds is 6. The smallest absolute Gasteiger partial charge is 0.283 e. The summed E-state index contributed by atoms with van der Waals surface area (Å²) >= 11 is 7.63. The molecule has 0 bridgehead atoms. The molecule has 0 aliphatic heterocycles. The van der Waals surface area contributed by atoms with Crippen LogP contribution < -0.4 is 10.1 Å². The van der Waals surface area contributed by atoms with E-state index in [1.54, 1.807) is 32.0 Å². The van der Waals surface area contributed by atoms with E-state index in [0.717, 1.165) is 25.9 Å². The molecule has 0 aliphatic rings. The minimum atomic E-state index is -3.78. The minimum Gasteiger partial charge on any atom is -0.330 e. The molecule has 3 rings (SSSR count). The Labute approximate surface area is 187 Å². The molecule has 3 aromatic rings. The van der Waals surface area contributed by atoms with Gasteiger partial charge in [-0.2, -0.15) is 5.10 Å². The second-order valence-corrected chi connectivity index (χ2v) is 10.7. The lowest BCUT2D eigenvalue weighted by molar-refractivity contribution is 0.0958. The summed E-state index contributed by atoms with van der Waals surface area (Å²) in [7, 11) is -1.91. The summed E-state index contributed by atoms with van der Waals surface area (Å²) in [6.07, 6.45) is 0. The molecular weight excluding hydrogens is 462 g/mol. The molecule has 2 aromatic heterocycles. The number of aromatic nitrogens is 2. The number of hydrogen-bond acceptors (Lipinski definition) is 8. The molecule has 0 aliphatic carbocycles. The highest BCUT2D eigenvalue weighted by atomic mass is 32.2. The van der Waals surface area contributed by atoms with Crippen LogP contribution in [0.25, 0.3) is 0 Å². The van der Waals surface area contributed by atoms with Crippen LogP contribution in [-0.2, 0) is 17.1 Å². The average Bonchev–Trinajstić information content (AvgIpc) is 3.20. The Kier molecular flexibility index (Phi) is 6.50. The summed E-state index contributed by atoms with van der Waals surface area (Å²) in [5.74, 6) is -0.466. The lowest BCUT2D eigenvalue weighted by Gasteiger charge is -2.04. The van der Waals surface area contributed by atoms with Gasteiger partial charge >= 0.3 is 0 Å². The predicted octanol–water partition coefficient (Wildman–Crippen LogP) is 3.84. The first-order chi connectivity index (χ1) is 14.1. The predicted molar refractivity (Wildman–Crippen MR) is 123 cm³/mol. The van der Waals surface area contributed by atoms with Crippen molar-refractivity contribution in [3.63, 3.8) is 0 Å². The van der Waals surface area contributed by atoms with Crippen molar-refractivity contribution in [1.29, 1.82) is 0 Å². The van der Waals surface area contributed by atoms with Gasteiger partial charge in [0.25, 0.3) is 15.9 Å². The number of thiazole rings is 2. The van der Waals surface area contributed by atoms with Crippen molar-refractivity contribution < 1.29 is 13.2 Å². The zero-order valence-electron chi connectivity index (χ0n) is 16.6. The molecule has 2 heterocycles. The fourth-order valence-electron chi connectivity index (χ4n) is 2.51. The number of carbonyl (C=O) groups is 1. The maximum Gasteiger partial charge on any atom is 0.283 e. The average molecular weight is 482 g/mol. The van der Waals surface area contributed by atoms with Crippen LogP contribution >= 0.6 is 34.9 Å². The molecule has 12 heteroatoms. The van der Waals surface area contributed by atoms with Crippen molar-refractivity contribution in [2.75, 3.05) is 4.72 Å². The quantitative estimate of drug-likeness (QED) is 0.316. The Morgan fingerprint density at radius 3 is 2.43 bits per heavy atom. The summed E-state index contributed by atoms with van der Waals surface area (Å²) in [5.41, 5.74) is 4.51. The number of benzene rings is 1. The summed E-state index contributed by atoms with van der Waals surface area (Å²) in [5, 5.41) is 4.28. The van der Waals surface area contributed by atoms with Crippen LogP contribution in [-0.4, -0.2) is 29.6 Å². The maximum absolute atomic E-state index is 12.6. The van der Waals surface area contributed by atoms with E-state index < -0.39 is 15.9 Å². The number of aryl methyl sites for hydroxylation is 1. The van der Waals surface area contributed by atoms with Crippen molar-refractivity contribution in [3.8, 4) is 0 Å². The summed E-state index contributed by atoms with van der Waals surface area (Å²) in [6.45, 7) is 5.35. The van der Waals surface area contributed by atoms with Crippen molar-refractivity contribution in [3.05, 3.63) is 55.4 Å². The van der Waals surface area contributed by atoms with Crippen LogP contribution in [0.2, 0.25) is 0 Å². The van der Waals surface area contributed by atoms with Gasteiger partial charge in [0.1, 0.15) is 4.88 Å². The highest BCUT2D eigenvalue weighted by molar-refractivity contribution is 7.93. The first kappa shape index (κ1) is 22.3. The highest BCUT2D eigenvalue weighted by Gasteiger charge is 2.20. The molecule has 0 fully saturated rings. The standard InChI is InChI=1S/C18H19N5O3S4/c1-10-15(16(24)21-20-11(2)14-12(3)23(4)18(27)29-14)28-17(19-10)22-30(25,26)13-8-6-5-7-9-13/h5-9H,1-4H3,(H,19,22)(H,21,24)/b20-11-. The Bertz CT molecular complexity index is 1290. The Morgan fingerprint density at radius 2 is 1.83 bits per heavy atom. The van der Waals surface area contributed by atoms with E-state index in [1.807, 2.05) is 18.5 Å². The fourth-order valence-corrected chi connectivity index (χ4v) is 5.94. The monoisotopic (exact) mass is 481 g/mol. The second kappa shape index (κ2) is 8.76. The molecule has 2 N–H and O–H groups in total. The van der Waals surface area contributed by atoms with Gasteiger partial charge in [-0.25, -0.2) is 18.8 Å². The van der Waals surface area contributed by atoms with E-state index in [-0.39, 0.29) is 14.9 Å². The van der Waals surface area contributed by atoms with E-state index in [1.165, 1.54) is 23.5 Å². The summed E-state index contributed by atoms with van der Waals surface area (Å²) < 4.78 is 29.9. The Morgan fingerprint density at radius 1 is 1.17 bits per heavy atom. The summed E-state index contributed by atoms with van der Waals surface area (Å²) in [4.78, 5) is 18.0. The zero-order chi connectivity index (χ0) is 22.1. The number of amides is 1. The zero-order valence-corrected chi connectivity index (χ0v) is 19.9. The van der Waals surface area contributed by atoms with Crippen molar-refractivity contribution >= 4 is 61.7 Å². The third-order valence-corrected chi connectivity index (χ3v) is 8.55. The van der Waals surface area contributed by atoms with Gasteiger partial charge in [-0.15, -0.1) is 11.3 Å². The van der Waals surface area contributed by atoms with E-state index in [4.69, 9.17) is 12.2 Å². The minimum absolute atomic E-state index is 0.110. The third-order valence-electron chi connectivity index (χ3n) is 4.23. The fraction of sp³-hybridized carbons (Fsp3) is 0.222. The van der Waals surface area contributed by atoms with E-state index in [0.29, 0.717) is 11.4 Å². The number of anilines is 1. The molecule has 0 atom stereocenters. The number of nitrogens with one attached hydrogen (secondary N) is 2. The first-order valence-electron chi connectivity index (χ1n) is 8.67. The molecular formula is C18H19N5O3S4. The SMILES string of the molecule is C/C(=N/NC(=O)c1sc(NS(=O)(=O)c2ccccc2)nc1C)c1sc(=S)n(C)c1C. The molecule has 1 aromatic carbocycles. The van der Waals surface area contributed by atoms with Crippen molar-refractivity contribution in [2.45, 2.75) is 25.7 Å². The topological polar surface area (TPSA) is 105 Å². The molecule has 0 spiro atoms. The molecule has 0 saturated carbocycles. The number of sulfonamides is 1. The molecule has 158 valence electrons. The molecule has 0 saturated heterocycles. The molecule has 30 heavy (non-hydrogen) atoms. The normalized spacial score (nSPS) is 12.1. The third kappa shape index (κ3) is 4.67. The van der Waals surface area contributed by atoms with Gasteiger partial charge in [-0.1, -0.05) is 29.5 Å². The molecule has 1 amide bonds. The van der Waals surface area contributed by atoms with E-state index in [2.05, 4.69) is 20.2 Å². The van der Waals surface area contributed by atoms with Gasteiger partial charge in [0.05, 0.1) is 21.2 Å². The van der Waals surface area contributed by atoms with Gasteiger partial charge < -0.3 is 4.57 Å². The molecule has 0 unspecified atom stereocenters. The molecule has 0 radical (unpaired) electrons. The lowest BCUT2D eigenvalue weighted by Crippen LogP contribution is -2.19. The van der Waals surface area contributed by atoms with Crippen LogP contribution in [0, 0.1) is 17.8 Å². The van der Waals surface area contributed by atoms with Crippen LogP contribution in [0.4, 0.5) is 5.13 Å². The second-order valence-electron chi connectivity index (χ2n) is 6.33. The van der Waals surface area contributed by atoms with Gasteiger partial charge in [0.2, 0.25) is 0 Å². The maximum atomic E-state index is 12.6. The van der Waals surface area contributed by atoms with E-state index >= 15 is 0 Å². The highest BCUT2D eigenvalue weighted by Crippen LogP contribution is 2.25. The number of hydrazone groups is 1. The van der Waals surface area contributed by atoms with E-state index in [9.17, 15) is 13.2 Å². The first-order valence-corrected chi connectivity index (χ1v) is 12.2. The van der Waals surface area contributed by atoms with Crippen LogP contribution in [0.15, 0.2) is 40.3 Å². The van der Waals surface area contributed by atoms with Gasteiger partial charge in [-0.05, 0) is 45.1 Å². The van der Waals surface area contributed by atoms with Gasteiger partial charge in [0, 0.05) is 12.7 Å². The van der Waals surface area contributed by atoms with Gasteiger partial charge in [0.15, 0.2) is 9.09 Å². The Hall–Kier alpha value is -2.41. The van der Waals surface area contributed by atoms with Crippen molar-refractivity contribution in [2.24, 2.45) is 12.1 Å². The van der Waals surface area contributed by atoms with Crippen molar-refractivity contribution in [1.82, 2.24) is 15.0 Å². The number of carbonyl (C=O) groups excluding carboxylic acids is 1. The lowest BCUT2D eigenvalue weighted by atomic mass is 10.3. The van der Waals surface area contributed by atoms with Crippen LogP contribution in [0.3, 0.4) is 0 Å². The summed E-state index contributed by atoms with van der Waals surface area (Å²) in [6, 6.07) is 7.95. The van der Waals surface area contributed by atoms with Crippen LogP contribution in [0.5, 0.6) is 0 Å². The molecule has 8 nitrogen and oxygen atoms in total. The van der Waals surface area contributed by atoms with Gasteiger partial charge in [-0.3, -0.25) is 9.52 Å².